The first kappa shape index (κ1) is 18.2. The molecule has 0 N–H and O–H groups in total. The maximum absolute atomic E-state index is 13.5. The lowest BCUT2D eigenvalue weighted by Gasteiger charge is -2.31. The van der Waals surface area contributed by atoms with Crippen LogP contribution in [0.1, 0.15) is 15.9 Å². The minimum atomic E-state index is -0.0221. The zero-order chi connectivity index (χ0) is 20.7. The van der Waals surface area contributed by atoms with E-state index < -0.39 is 0 Å². The van der Waals surface area contributed by atoms with Crippen molar-refractivity contribution in [3.8, 4) is 28.4 Å². The molecular formula is C25H21N3O2. The number of aromatic nitrogens is 2. The van der Waals surface area contributed by atoms with Crippen LogP contribution in [0.25, 0.3) is 22.6 Å². The van der Waals surface area contributed by atoms with E-state index in [9.17, 15) is 4.79 Å². The predicted molar refractivity (Wildman–Crippen MR) is 118 cm³/mol. The second-order valence-electron chi connectivity index (χ2n) is 7.38. The number of hydrogen-bond donors (Lipinski definition) is 0. The fraction of sp³-hybridized carbons (Fsp3) is 0.120. The molecule has 0 aliphatic carbocycles. The average Bonchev–Trinajstić information content (AvgIpc) is 3.22. The summed E-state index contributed by atoms with van der Waals surface area (Å²) in [5.74, 6) is 1.60. The number of benzene rings is 3. The maximum atomic E-state index is 13.5. The van der Waals surface area contributed by atoms with Crippen molar-refractivity contribution >= 4 is 11.6 Å². The highest BCUT2D eigenvalue weighted by Gasteiger charge is 2.29. The zero-order valence-corrected chi connectivity index (χ0v) is 16.9. The van der Waals surface area contributed by atoms with Crippen LogP contribution in [0.4, 0.5) is 5.69 Å². The number of carbonyl (C=O) groups excluding carboxylic acids is 1. The lowest BCUT2D eigenvalue weighted by molar-refractivity contribution is 0.0979. The van der Waals surface area contributed by atoms with Crippen molar-refractivity contribution in [2.75, 3.05) is 12.0 Å². The van der Waals surface area contributed by atoms with Crippen molar-refractivity contribution in [2.45, 2.75) is 13.6 Å². The summed E-state index contributed by atoms with van der Waals surface area (Å²) in [6.07, 6.45) is 1.88. The summed E-state index contributed by atoms with van der Waals surface area (Å²) in [4.78, 5) is 20.0. The third kappa shape index (κ3) is 2.95. The number of fused-ring (bicyclic) bond motifs is 3. The summed E-state index contributed by atoms with van der Waals surface area (Å²) >= 11 is 0. The molecule has 0 spiro atoms. The van der Waals surface area contributed by atoms with Crippen LogP contribution >= 0.6 is 0 Å². The highest BCUT2D eigenvalue weighted by Crippen LogP contribution is 2.39. The number of nitrogens with zero attached hydrogens (tertiary/aromatic N) is 3. The normalized spacial score (nSPS) is 12.3. The predicted octanol–water partition coefficient (Wildman–Crippen LogP) is 5.15. The number of para-hydroxylation sites is 1. The molecule has 0 bridgehead atoms. The summed E-state index contributed by atoms with van der Waals surface area (Å²) in [5.41, 5.74) is 5.62. The van der Waals surface area contributed by atoms with Gasteiger partial charge in [0.1, 0.15) is 18.2 Å². The van der Waals surface area contributed by atoms with Gasteiger partial charge in [0, 0.05) is 16.7 Å². The van der Waals surface area contributed by atoms with E-state index in [4.69, 9.17) is 4.74 Å². The van der Waals surface area contributed by atoms with Gasteiger partial charge in [0.05, 0.1) is 24.7 Å². The lowest BCUT2D eigenvalue weighted by Crippen LogP contribution is -2.36. The molecule has 148 valence electrons. The van der Waals surface area contributed by atoms with Gasteiger partial charge in [-0.15, -0.1) is 0 Å². The highest BCUT2D eigenvalue weighted by atomic mass is 16.5. The molecule has 1 aliphatic rings. The number of anilines is 1. The highest BCUT2D eigenvalue weighted by molar-refractivity contribution is 6.08. The zero-order valence-electron chi connectivity index (χ0n) is 16.9. The third-order valence-corrected chi connectivity index (χ3v) is 5.47. The van der Waals surface area contributed by atoms with E-state index in [1.165, 1.54) is 0 Å². The fourth-order valence-corrected chi connectivity index (χ4v) is 3.96. The van der Waals surface area contributed by atoms with Gasteiger partial charge in [-0.1, -0.05) is 35.9 Å². The van der Waals surface area contributed by atoms with Crippen molar-refractivity contribution in [1.29, 1.82) is 0 Å². The molecule has 0 fully saturated rings. The van der Waals surface area contributed by atoms with Crippen molar-refractivity contribution in [3.05, 3.63) is 90.1 Å². The number of rotatable bonds is 3. The molecule has 3 aromatic carbocycles. The average molecular weight is 395 g/mol. The molecule has 4 aromatic rings. The van der Waals surface area contributed by atoms with Crippen molar-refractivity contribution in [3.63, 3.8) is 0 Å². The third-order valence-electron chi connectivity index (χ3n) is 5.47. The van der Waals surface area contributed by atoms with Gasteiger partial charge in [-0.05, 0) is 49.4 Å². The Morgan fingerprint density at radius 2 is 1.80 bits per heavy atom. The first-order valence-corrected chi connectivity index (χ1v) is 9.83. The molecule has 5 rings (SSSR count). The number of methoxy groups -OCH3 is 1. The molecule has 2 heterocycles. The standard InChI is InChI=1S/C25H21N3O2/c1-17-6-5-7-19(14-17)25(29)28-16-27-23(21-8-3-4-9-22(21)28)15-26-24(27)18-10-12-20(30-2)13-11-18/h3-15H,16H2,1-2H3. The number of imidazole rings is 1. The van der Waals surface area contributed by atoms with Gasteiger partial charge in [-0.3, -0.25) is 9.69 Å². The Morgan fingerprint density at radius 3 is 2.57 bits per heavy atom. The molecular weight excluding hydrogens is 374 g/mol. The summed E-state index contributed by atoms with van der Waals surface area (Å²) in [5, 5.41) is 0. The number of ether oxygens (including phenoxy) is 1. The maximum Gasteiger partial charge on any atom is 0.259 e. The van der Waals surface area contributed by atoms with Crippen molar-refractivity contribution in [1.82, 2.24) is 9.55 Å². The van der Waals surface area contributed by atoms with Gasteiger partial charge in [0.15, 0.2) is 0 Å². The van der Waals surface area contributed by atoms with Gasteiger partial charge in [0.2, 0.25) is 0 Å². The minimum Gasteiger partial charge on any atom is -0.497 e. The fourth-order valence-electron chi connectivity index (χ4n) is 3.96. The molecule has 30 heavy (non-hydrogen) atoms. The number of amides is 1. The molecule has 1 aromatic heterocycles. The van der Waals surface area contributed by atoms with Gasteiger partial charge >= 0.3 is 0 Å². The first-order chi connectivity index (χ1) is 14.7. The second kappa shape index (κ2) is 7.19. The van der Waals surface area contributed by atoms with Crippen LogP contribution in [-0.2, 0) is 6.67 Å². The van der Waals surface area contributed by atoms with E-state index >= 15 is 0 Å². The van der Waals surface area contributed by atoms with Gasteiger partial charge in [0.25, 0.3) is 5.91 Å². The Hall–Kier alpha value is -3.86. The van der Waals surface area contributed by atoms with Crippen LogP contribution in [0.15, 0.2) is 79.0 Å². The molecule has 5 heteroatoms. The summed E-state index contributed by atoms with van der Waals surface area (Å²) in [6.45, 7) is 2.40. The van der Waals surface area contributed by atoms with Crippen LogP contribution in [0.2, 0.25) is 0 Å². The second-order valence-corrected chi connectivity index (χ2v) is 7.38. The Kier molecular flexibility index (Phi) is 4.36. The van der Waals surface area contributed by atoms with Crippen molar-refractivity contribution in [2.24, 2.45) is 0 Å². The summed E-state index contributed by atoms with van der Waals surface area (Å²) in [7, 11) is 1.65. The number of hydrogen-bond acceptors (Lipinski definition) is 3. The van der Waals surface area contributed by atoms with Gasteiger partial charge in [-0.2, -0.15) is 0 Å². The molecule has 5 nitrogen and oxygen atoms in total. The van der Waals surface area contributed by atoms with Crippen LogP contribution in [0, 0.1) is 6.92 Å². The van der Waals surface area contributed by atoms with E-state index in [-0.39, 0.29) is 5.91 Å². The quantitative estimate of drug-likeness (QED) is 0.482. The Balaban J connectivity index is 1.61. The Bertz CT molecular complexity index is 1240. The molecule has 0 atom stereocenters. The van der Waals surface area contributed by atoms with E-state index in [0.29, 0.717) is 12.2 Å². The monoisotopic (exact) mass is 395 g/mol. The smallest absolute Gasteiger partial charge is 0.259 e. The van der Waals surface area contributed by atoms with Crippen molar-refractivity contribution < 1.29 is 9.53 Å². The van der Waals surface area contributed by atoms with E-state index in [1.54, 1.807) is 7.11 Å². The number of carbonyl (C=O) groups is 1. The lowest BCUT2D eigenvalue weighted by atomic mass is 10.0. The molecule has 0 unspecified atom stereocenters. The first-order valence-electron chi connectivity index (χ1n) is 9.83. The van der Waals surface area contributed by atoms with Crippen LogP contribution in [0.5, 0.6) is 5.75 Å². The topological polar surface area (TPSA) is 47.4 Å². The van der Waals surface area contributed by atoms with Crippen LogP contribution < -0.4 is 9.64 Å². The largest absolute Gasteiger partial charge is 0.497 e. The molecule has 1 aliphatic heterocycles. The van der Waals surface area contributed by atoms with E-state index in [1.807, 2.05) is 90.8 Å². The Morgan fingerprint density at radius 1 is 1.00 bits per heavy atom. The molecule has 1 amide bonds. The Labute approximate surface area is 175 Å². The van der Waals surface area contributed by atoms with Crippen LogP contribution in [0.3, 0.4) is 0 Å². The summed E-state index contributed by atoms with van der Waals surface area (Å²) in [6, 6.07) is 23.5. The SMILES string of the molecule is COc1ccc(-c2ncc3n2CN(C(=O)c2cccc(C)c2)c2ccccc2-3)cc1. The van der Waals surface area contributed by atoms with E-state index in [0.717, 1.165) is 39.6 Å². The van der Waals surface area contributed by atoms with Gasteiger partial charge < -0.3 is 9.30 Å². The summed E-state index contributed by atoms with van der Waals surface area (Å²) < 4.78 is 7.37. The molecule has 0 saturated carbocycles. The molecule has 0 radical (unpaired) electrons. The number of aryl methyl sites for hydroxylation is 1. The van der Waals surface area contributed by atoms with E-state index in [2.05, 4.69) is 9.55 Å². The molecule has 0 saturated heterocycles. The van der Waals surface area contributed by atoms with Gasteiger partial charge in [-0.25, -0.2) is 4.98 Å². The minimum absolute atomic E-state index is 0.0221. The van der Waals surface area contributed by atoms with Crippen LogP contribution in [-0.4, -0.2) is 22.6 Å².